The smallest absolute Gasteiger partial charge is 0.399 e. The van der Waals surface area contributed by atoms with Crippen LogP contribution in [0.4, 0.5) is 0 Å². The molecule has 35 heavy (non-hydrogen) atoms. The number of rotatable bonds is 10. The highest BCUT2D eigenvalue weighted by atomic mass is 16.7. The molecule has 0 radical (unpaired) electrons. The second-order valence-corrected chi connectivity index (χ2v) is 10.5. The van der Waals surface area contributed by atoms with Gasteiger partial charge in [0.25, 0.3) is 0 Å². The number of Topliss-reactive ketones (excluding diaryl/α,β-unsaturated/α-hetero) is 1. The van der Waals surface area contributed by atoms with Crippen molar-refractivity contribution in [3.63, 3.8) is 0 Å². The van der Waals surface area contributed by atoms with Crippen molar-refractivity contribution in [2.24, 2.45) is 0 Å². The van der Waals surface area contributed by atoms with Gasteiger partial charge in [0.2, 0.25) is 0 Å². The van der Waals surface area contributed by atoms with Gasteiger partial charge < -0.3 is 18.8 Å². The van der Waals surface area contributed by atoms with E-state index in [4.69, 9.17) is 18.8 Å². The fourth-order valence-electron chi connectivity index (χ4n) is 4.25. The van der Waals surface area contributed by atoms with Crippen LogP contribution in [0.1, 0.15) is 44.4 Å². The van der Waals surface area contributed by atoms with Gasteiger partial charge in [0.05, 0.1) is 37.6 Å². The van der Waals surface area contributed by atoms with E-state index in [9.17, 15) is 4.79 Å². The number of carbonyl (C=O) groups excluding carboxylic acids is 1. The highest BCUT2D eigenvalue weighted by Gasteiger charge is 2.51. The van der Waals surface area contributed by atoms with Gasteiger partial charge in [-0.3, -0.25) is 9.69 Å². The maximum absolute atomic E-state index is 12.7. The Bertz CT molecular complexity index is 952. The van der Waals surface area contributed by atoms with Crippen LogP contribution < -0.4 is 5.46 Å². The van der Waals surface area contributed by atoms with Gasteiger partial charge in [0.15, 0.2) is 0 Å². The first-order valence-electron chi connectivity index (χ1n) is 12.6. The number of benzene rings is 2. The summed E-state index contributed by atoms with van der Waals surface area (Å²) in [6, 6.07) is 16.1. The largest absolute Gasteiger partial charge is 0.494 e. The Kier molecular flexibility index (Phi) is 8.45. The summed E-state index contributed by atoms with van der Waals surface area (Å²) >= 11 is 0. The molecule has 2 saturated heterocycles. The zero-order chi connectivity index (χ0) is 24.9. The van der Waals surface area contributed by atoms with E-state index in [0.29, 0.717) is 26.1 Å². The van der Waals surface area contributed by atoms with Crippen LogP contribution in [0.25, 0.3) is 0 Å². The van der Waals surface area contributed by atoms with Crippen LogP contribution in [0.2, 0.25) is 0 Å². The predicted octanol–water partition coefficient (Wildman–Crippen LogP) is 3.19. The topological polar surface area (TPSA) is 57.2 Å². The summed E-state index contributed by atoms with van der Waals surface area (Å²) in [4.78, 5) is 15.0. The zero-order valence-corrected chi connectivity index (χ0v) is 21.5. The molecule has 2 aliphatic heterocycles. The number of ketones is 1. The minimum atomic E-state index is -0.383. The van der Waals surface area contributed by atoms with E-state index in [2.05, 4.69) is 17.0 Å². The second-order valence-electron chi connectivity index (χ2n) is 10.5. The maximum Gasteiger partial charge on any atom is 0.494 e. The number of carbonyl (C=O) groups is 1. The number of nitrogens with zero attached hydrogens (tertiary/aromatic N) is 1. The lowest BCUT2D eigenvalue weighted by atomic mass is 9.78. The molecule has 2 aromatic carbocycles. The third-order valence-corrected chi connectivity index (χ3v) is 7.25. The van der Waals surface area contributed by atoms with Crippen molar-refractivity contribution >= 4 is 18.4 Å². The first kappa shape index (κ1) is 26.0. The third kappa shape index (κ3) is 7.02. The summed E-state index contributed by atoms with van der Waals surface area (Å²) in [7, 11) is -0.383. The highest BCUT2D eigenvalue weighted by Crippen LogP contribution is 2.36. The second kappa shape index (κ2) is 11.4. The zero-order valence-electron chi connectivity index (χ0n) is 21.5. The lowest BCUT2D eigenvalue weighted by molar-refractivity contribution is -0.117. The molecule has 2 fully saturated rings. The molecule has 0 aliphatic carbocycles. The molecule has 0 N–H and O–H groups in total. The van der Waals surface area contributed by atoms with Crippen molar-refractivity contribution in [1.82, 2.24) is 4.90 Å². The van der Waals surface area contributed by atoms with E-state index in [1.54, 1.807) is 0 Å². The molecule has 188 valence electrons. The average molecular weight is 479 g/mol. The molecule has 0 atom stereocenters. The molecule has 7 heteroatoms. The highest BCUT2D eigenvalue weighted by molar-refractivity contribution is 6.62. The number of morpholine rings is 1. The normalized spacial score (nSPS) is 19.7. The summed E-state index contributed by atoms with van der Waals surface area (Å²) in [6.45, 7) is 14.0. The van der Waals surface area contributed by atoms with E-state index >= 15 is 0 Å². The van der Waals surface area contributed by atoms with Crippen molar-refractivity contribution in [2.75, 3.05) is 39.5 Å². The van der Waals surface area contributed by atoms with Crippen LogP contribution in [-0.2, 0) is 43.0 Å². The summed E-state index contributed by atoms with van der Waals surface area (Å²) < 4.78 is 23.4. The molecule has 0 bridgehead atoms. The fourth-order valence-corrected chi connectivity index (χ4v) is 4.25. The quantitative estimate of drug-likeness (QED) is 0.386. The van der Waals surface area contributed by atoms with Crippen molar-refractivity contribution in [1.29, 1.82) is 0 Å². The Balaban J connectivity index is 1.20. The van der Waals surface area contributed by atoms with Gasteiger partial charge in [-0.05, 0) is 49.8 Å². The molecule has 6 nitrogen and oxygen atoms in total. The van der Waals surface area contributed by atoms with E-state index in [1.165, 1.54) is 0 Å². The first-order chi connectivity index (χ1) is 16.7. The van der Waals surface area contributed by atoms with Gasteiger partial charge in [0, 0.05) is 32.5 Å². The van der Waals surface area contributed by atoms with E-state index < -0.39 is 0 Å². The molecule has 4 rings (SSSR count). The standard InChI is InChI=1S/C28H38BNO5/c1-27(2)28(3,4)35-29(34-27)25-11-9-23(10-12-25)20-26(31)19-22-5-7-24(8-6-22)21-33-18-15-30-13-16-32-17-14-30/h5-12H,13-21H2,1-4H3. The number of hydrogen-bond donors (Lipinski definition) is 0. The molecule has 2 heterocycles. The summed E-state index contributed by atoms with van der Waals surface area (Å²) in [5, 5.41) is 0. The lowest BCUT2D eigenvalue weighted by Gasteiger charge is -2.32. The molecule has 0 amide bonds. The van der Waals surface area contributed by atoms with Crippen molar-refractivity contribution in [3.05, 3.63) is 65.2 Å². The van der Waals surface area contributed by atoms with Crippen molar-refractivity contribution in [3.8, 4) is 0 Å². The fraction of sp³-hybridized carbons (Fsp3) is 0.536. The number of ether oxygens (including phenoxy) is 2. The lowest BCUT2D eigenvalue weighted by Crippen LogP contribution is -2.41. The van der Waals surface area contributed by atoms with Gasteiger partial charge in [-0.1, -0.05) is 48.5 Å². The van der Waals surface area contributed by atoms with Crippen LogP contribution >= 0.6 is 0 Å². The first-order valence-corrected chi connectivity index (χ1v) is 12.6. The van der Waals surface area contributed by atoms with Crippen LogP contribution in [0, 0.1) is 0 Å². The van der Waals surface area contributed by atoms with Gasteiger partial charge in [-0.25, -0.2) is 0 Å². The van der Waals surface area contributed by atoms with Gasteiger partial charge in [-0.15, -0.1) is 0 Å². The Morgan fingerprint density at radius 2 is 1.37 bits per heavy atom. The molecule has 0 spiro atoms. The maximum atomic E-state index is 12.7. The monoisotopic (exact) mass is 479 g/mol. The van der Waals surface area contributed by atoms with Gasteiger partial charge >= 0.3 is 7.12 Å². The number of hydrogen-bond acceptors (Lipinski definition) is 6. The summed E-state index contributed by atoms with van der Waals surface area (Å²) in [5.41, 5.74) is 3.40. The summed E-state index contributed by atoms with van der Waals surface area (Å²) in [6.07, 6.45) is 0.840. The Labute approximate surface area is 210 Å². The minimum Gasteiger partial charge on any atom is -0.399 e. The van der Waals surface area contributed by atoms with Crippen molar-refractivity contribution in [2.45, 2.75) is 58.3 Å². The summed E-state index contributed by atoms with van der Waals surface area (Å²) in [5.74, 6) is 0.197. The molecule has 2 aromatic rings. The van der Waals surface area contributed by atoms with Gasteiger partial charge in [-0.2, -0.15) is 0 Å². The van der Waals surface area contributed by atoms with Crippen LogP contribution in [0.15, 0.2) is 48.5 Å². The molecular weight excluding hydrogens is 441 g/mol. The molecule has 0 saturated carbocycles. The minimum absolute atomic E-state index is 0.197. The Morgan fingerprint density at radius 3 is 1.94 bits per heavy atom. The molecule has 2 aliphatic rings. The van der Waals surface area contributed by atoms with Crippen molar-refractivity contribution < 1.29 is 23.6 Å². The third-order valence-electron chi connectivity index (χ3n) is 7.25. The SMILES string of the molecule is CC1(C)OB(c2ccc(CC(=O)Cc3ccc(COCCN4CCOCC4)cc3)cc2)OC1(C)C. The predicted molar refractivity (Wildman–Crippen MR) is 138 cm³/mol. The Hall–Kier alpha value is -2.03. The van der Waals surface area contributed by atoms with Gasteiger partial charge in [0.1, 0.15) is 5.78 Å². The van der Waals surface area contributed by atoms with E-state index in [-0.39, 0.29) is 24.1 Å². The average Bonchev–Trinajstić information content (AvgIpc) is 3.05. The van der Waals surface area contributed by atoms with Crippen LogP contribution in [0.3, 0.4) is 0 Å². The Morgan fingerprint density at radius 1 is 0.857 bits per heavy atom. The van der Waals surface area contributed by atoms with Crippen LogP contribution in [-0.4, -0.2) is 68.5 Å². The van der Waals surface area contributed by atoms with E-state index in [1.807, 2.05) is 64.1 Å². The molecule has 0 unspecified atom stereocenters. The van der Waals surface area contributed by atoms with E-state index in [0.717, 1.165) is 55.0 Å². The van der Waals surface area contributed by atoms with Crippen LogP contribution in [0.5, 0.6) is 0 Å². The molecule has 0 aromatic heterocycles. The molecular formula is C28H38BNO5.